The van der Waals surface area contributed by atoms with Crippen LogP contribution in [0, 0.1) is 11.3 Å². The van der Waals surface area contributed by atoms with Gasteiger partial charge in [-0.3, -0.25) is 0 Å². The highest BCUT2D eigenvalue weighted by Gasteiger charge is 2.53. The van der Waals surface area contributed by atoms with E-state index in [9.17, 15) is 22.8 Å². The minimum atomic E-state index is -4.57. The SMILES string of the molecule is CC[C@]12C[C@H](OCc3cccc(Cl)c3C(F)(F)F)C[C@H]1CN(C(=O)n1ccc(C(=O)O)n1)C2. The molecule has 1 amide bonds. The van der Waals surface area contributed by atoms with Crippen molar-refractivity contribution < 1.29 is 32.6 Å². The first-order valence-electron chi connectivity index (χ1n) is 10.6. The van der Waals surface area contributed by atoms with Crippen LogP contribution in [-0.2, 0) is 17.5 Å². The molecule has 0 radical (unpaired) electrons. The highest BCUT2D eigenvalue weighted by atomic mass is 35.5. The van der Waals surface area contributed by atoms with Crippen molar-refractivity contribution in [1.29, 1.82) is 0 Å². The van der Waals surface area contributed by atoms with Crippen molar-refractivity contribution in [2.45, 2.75) is 45.1 Å². The Kier molecular flexibility index (Phi) is 6.17. The fourth-order valence-corrected chi connectivity index (χ4v) is 5.47. The summed E-state index contributed by atoms with van der Waals surface area (Å²) in [6.07, 6.45) is -1.44. The number of alkyl halides is 3. The van der Waals surface area contributed by atoms with E-state index in [1.54, 1.807) is 4.90 Å². The molecular formula is C22H23ClF3N3O4. The van der Waals surface area contributed by atoms with Crippen molar-refractivity contribution in [1.82, 2.24) is 14.7 Å². The van der Waals surface area contributed by atoms with E-state index < -0.39 is 23.7 Å². The van der Waals surface area contributed by atoms with Crippen LogP contribution in [0.15, 0.2) is 30.5 Å². The van der Waals surface area contributed by atoms with Gasteiger partial charge >= 0.3 is 18.2 Å². The van der Waals surface area contributed by atoms with Crippen LogP contribution in [0.4, 0.5) is 18.0 Å². The largest absolute Gasteiger partial charge is 0.476 e. The molecule has 1 aliphatic heterocycles. The summed E-state index contributed by atoms with van der Waals surface area (Å²) in [5.74, 6) is -1.08. The molecule has 7 nitrogen and oxygen atoms in total. The van der Waals surface area contributed by atoms with Crippen molar-refractivity contribution in [2.24, 2.45) is 11.3 Å². The van der Waals surface area contributed by atoms with E-state index in [1.165, 1.54) is 30.5 Å². The predicted octanol–water partition coefficient (Wildman–Crippen LogP) is 4.93. The minimum Gasteiger partial charge on any atom is -0.476 e. The number of hydrogen-bond acceptors (Lipinski definition) is 4. The van der Waals surface area contributed by atoms with E-state index >= 15 is 0 Å². The smallest absolute Gasteiger partial charge is 0.418 e. The van der Waals surface area contributed by atoms with E-state index in [4.69, 9.17) is 21.4 Å². The zero-order valence-electron chi connectivity index (χ0n) is 17.8. The van der Waals surface area contributed by atoms with E-state index in [0.29, 0.717) is 25.9 Å². The normalized spacial score (nSPS) is 24.8. The van der Waals surface area contributed by atoms with Crippen LogP contribution in [0.2, 0.25) is 5.02 Å². The van der Waals surface area contributed by atoms with Crippen LogP contribution in [0.5, 0.6) is 0 Å². The number of carboxylic acid groups (broad SMARTS) is 1. The van der Waals surface area contributed by atoms with Gasteiger partial charge in [-0.25, -0.2) is 9.59 Å². The third-order valence-corrected chi connectivity index (χ3v) is 7.15. The molecular weight excluding hydrogens is 463 g/mol. The molecule has 1 saturated carbocycles. The first-order chi connectivity index (χ1) is 15.5. The standard InChI is InChI=1S/C22H23ClF3N3O4/c1-2-21-9-15(33-11-13-4-3-5-16(23)18(13)22(24,25)26)8-14(21)10-28(12-21)20(32)29-7-6-17(27-29)19(30)31/h3-7,14-15H,2,8-12H2,1H3,(H,30,31)/t14-,15+,21+/m0/s1. The number of benzene rings is 1. The average Bonchev–Trinajstić information content (AvgIpc) is 3.43. The lowest BCUT2D eigenvalue weighted by Gasteiger charge is -2.27. The third-order valence-electron chi connectivity index (χ3n) is 6.83. The van der Waals surface area contributed by atoms with Crippen LogP contribution in [0.25, 0.3) is 0 Å². The van der Waals surface area contributed by atoms with Gasteiger partial charge in [0, 0.05) is 19.3 Å². The number of carbonyl (C=O) groups excluding carboxylic acids is 1. The Morgan fingerprint density at radius 3 is 2.70 bits per heavy atom. The Morgan fingerprint density at radius 1 is 1.33 bits per heavy atom. The van der Waals surface area contributed by atoms with Crippen LogP contribution < -0.4 is 0 Å². The predicted molar refractivity (Wildman–Crippen MR) is 112 cm³/mol. The number of halogens is 4. The number of carbonyl (C=O) groups is 2. The maximum atomic E-state index is 13.4. The number of hydrogen-bond donors (Lipinski definition) is 1. The number of rotatable bonds is 5. The molecule has 11 heteroatoms. The van der Waals surface area contributed by atoms with Gasteiger partial charge < -0.3 is 14.7 Å². The van der Waals surface area contributed by atoms with E-state index in [1.807, 2.05) is 6.92 Å². The van der Waals surface area contributed by atoms with Crippen molar-refractivity contribution in [3.63, 3.8) is 0 Å². The van der Waals surface area contributed by atoms with Crippen LogP contribution >= 0.6 is 11.6 Å². The molecule has 4 rings (SSSR count). The lowest BCUT2D eigenvalue weighted by Crippen LogP contribution is -2.36. The molecule has 0 bridgehead atoms. The van der Waals surface area contributed by atoms with Gasteiger partial charge in [-0.15, -0.1) is 0 Å². The summed E-state index contributed by atoms with van der Waals surface area (Å²) in [6, 6.07) is 4.93. The molecule has 1 N–H and O–H groups in total. The first kappa shape index (κ1) is 23.6. The average molecular weight is 486 g/mol. The molecule has 3 atom stereocenters. The molecule has 1 saturated heterocycles. The zero-order valence-corrected chi connectivity index (χ0v) is 18.6. The van der Waals surface area contributed by atoms with Crippen LogP contribution in [0.1, 0.15) is 47.8 Å². The number of likely N-dealkylation sites (tertiary alicyclic amines) is 1. The Balaban J connectivity index is 1.42. The monoisotopic (exact) mass is 485 g/mol. The number of carboxylic acids is 1. The first-order valence-corrected chi connectivity index (χ1v) is 11.0. The Morgan fingerprint density at radius 2 is 2.09 bits per heavy atom. The number of nitrogens with zero attached hydrogens (tertiary/aromatic N) is 3. The highest BCUT2D eigenvalue weighted by molar-refractivity contribution is 6.31. The second kappa shape index (κ2) is 8.64. The summed E-state index contributed by atoms with van der Waals surface area (Å²) in [6.45, 7) is 2.75. The number of aromatic carboxylic acids is 1. The Bertz CT molecular complexity index is 1070. The summed E-state index contributed by atoms with van der Waals surface area (Å²) in [4.78, 5) is 25.5. The second-order valence-corrected chi connectivity index (χ2v) is 9.08. The quantitative estimate of drug-likeness (QED) is 0.649. The van der Waals surface area contributed by atoms with Crippen molar-refractivity contribution in [3.8, 4) is 0 Å². The number of aromatic nitrogens is 2. The molecule has 178 valence electrons. The summed E-state index contributed by atoms with van der Waals surface area (Å²) in [5.41, 5.74) is -1.28. The maximum Gasteiger partial charge on any atom is 0.418 e. The molecule has 2 aromatic rings. The van der Waals surface area contributed by atoms with Gasteiger partial charge in [-0.2, -0.15) is 23.0 Å². The molecule has 33 heavy (non-hydrogen) atoms. The number of ether oxygens (including phenoxy) is 1. The molecule has 0 spiro atoms. The molecule has 2 aliphatic rings. The third kappa shape index (κ3) is 4.46. The lowest BCUT2D eigenvalue weighted by atomic mass is 9.78. The molecule has 2 heterocycles. The van der Waals surface area contributed by atoms with Gasteiger partial charge in [-0.1, -0.05) is 30.7 Å². The Hall–Kier alpha value is -2.59. The van der Waals surface area contributed by atoms with Gasteiger partial charge in [0.1, 0.15) is 0 Å². The lowest BCUT2D eigenvalue weighted by molar-refractivity contribution is -0.139. The summed E-state index contributed by atoms with van der Waals surface area (Å²) in [7, 11) is 0. The van der Waals surface area contributed by atoms with Crippen LogP contribution in [0.3, 0.4) is 0 Å². The summed E-state index contributed by atoms with van der Waals surface area (Å²) in [5, 5.41) is 12.5. The number of fused-ring (bicyclic) bond motifs is 1. The van der Waals surface area contributed by atoms with Gasteiger partial charge in [0.25, 0.3) is 0 Å². The minimum absolute atomic E-state index is 0.00216. The molecule has 0 unspecified atom stereocenters. The fourth-order valence-electron chi connectivity index (χ4n) is 5.16. The second-order valence-electron chi connectivity index (χ2n) is 8.67. The fraction of sp³-hybridized carbons (Fsp3) is 0.500. The van der Waals surface area contributed by atoms with Crippen molar-refractivity contribution >= 4 is 23.6 Å². The summed E-state index contributed by atoms with van der Waals surface area (Å²) >= 11 is 5.79. The molecule has 1 aromatic carbocycles. The van der Waals surface area contributed by atoms with E-state index in [2.05, 4.69) is 5.10 Å². The molecule has 1 aromatic heterocycles. The Labute approximate surface area is 193 Å². The molecule has 2 fully saturated rings. The molecule has 1 aliphatic carbocycles. The summed E-state index contributed by atoms with van der Waals surface area (Å²) < 4.78 is 47.1. The van der Waals surface area contributed by atoms with E-state index in [-0.39, 0.29) is 40.3 Å². The van der Waals surface area contributed by atoms with E-state index in [0.717, 1.165) is 11.1 Å². The van der Waals surface area contributed by atoms with Gasteiger partial charge in [-0.05, 0) is 48.3 Å². The van der Waals surface area contributed by atoms with Gasteiger partial charge in [0.15, 0.2) is 5.69 Å². The van der Waals surface area contributed by atoms with Gasteiger partial charge in [0.2, 0.25) is 0 Å². The topological polar surface area (TPSA) is 84.7 Å². The van der Waals surface area contributed by atoms with Crippen molar-refractivity contribution in [2.75, 3.05) is 13.1 Å². The maximum absolute atomic E-state index is 13.4. The zero-order chi connectivity index (χ0) is 24.0. The van der Waals surface area contributed by atoms with Gasteiger partial charge in [0.05, 0.1) is 23.3 Å². The number of amides is 1. The van der Waals surface area contributed by atoms with Crippen LogP contribution in [-0.4, -0.2) is 51.0 Å². The highest BCUT2D eigenvalue weighted by Crippen LogP contribution is 2.52. The van der Waals surface area contributed by atoms with Crippen molar-refractivity contribution in [3.05, 3.63) is 52.3 Å².